The number of rotatable bonds is 8. The molecule has 0 aromatic heterocycles. The van der Waals surface area contributed by atoms with E-state index in [1.165, 1.54) is 31.8 Å². The number of sulfonamides is 1. The predicted octanol–water partition coefficient (Wildman–Crippen LogP) is 4.11. The molecule has 0 fully saturated rings. The standard InChI is InChI=1S/C22H28N2O4S/c1-6-28-20-13-12-19(15-21(20)29(26,27)24(4)5)23-22(25)14-9-17-7-10-18(11-8-17)16(2)3/h7-16H,6H2,1-5H3,(H,23,25)/b14-9+. The fraction of sp³-hybridized carbons (Fsp3) is 0.318. The molecule has 2 aromatic carbocycles. The van der Waals surface area contributed by atoms with Crippen LogP contribution in [0, 0.1) is 0 Å². The van der Waals surface area contributed by atoms with Gasteiger partial charge in [-0.3, -0.25) is 4.79 Å². The number of amides is 1. The molecule has 0 atom stereocenters. The first-order chi connectivity index (χ1) is 13.6. The van der Waals surface area contributed by atoms with Crippen LogP contribution in [-0.4, -0.2) is 39.3 Å². The Labute approximate surface area is 173 Å². The molecule has 1 amide bonds. The van der Waals surface area contributed by atoms with Crippen LogP contribution in [0.5, 0.6) is 5.75 Å². The Balaban J connectivity index is 2.19. The van der Waals surface area contributed by atoms with Gasteiger partial charge in [-0.25, -0.2) is 12.7 Å². The third-order valence-electron chi connectivity index (χ3n) is 4.30. The number of hydrogen-bond acceptors (Lipinski definition) is 4. The van der Waals surface area contributed by atoms with E-state index < -0.39 is 10.0 Å². The van der Waals surface area contributed by atoms with Gasteiger partial charge in [-0.2, -0.15) is 0 Å². The molecule has 7 heteroatoms. The topological polar surface area (TPSA) is 75.7 Å². The summed E-state index contributed by atoms with van der Waals surface area (Å²) in [6.07, 6.45) is 3.13. The van der Waals surface area contributed by atoms with Crippen molar-refractivity contribution < 1.29 is 17.9 Å². The van der Waals surface area contributed by atoms with Gasteiger partial charge in [0.15, 0.2) is 0 Å². The van der Waals surface area contributed by atoms with Crippen molar-refractivity contribution in [1.29, 1.82) is 0 Å². The molecule has 0 saturated carbocycles. The average molecular weight is 417 g/mol. The van der Waals surface area contributed by atoms with Crippen LogP contribution in [-0.2, 0) is 14.8 Å². The van der Waals surface area contributed by atoms with Crippen LogP contribution in [0.25, 0.3) is 6.08 Å². The van der Waals surface area contributed by atoms with Gasteiger partial charge in [0, 0.05) is 25.9 Å². The summed E-state index contributed by atoms with van der Waals surface area (Å²) in [6, 6.07) is 12.5. The van der Waals surface area contributed by atoms with Crippen molar-refractivity contribution in [1.82, 2.24) is 4.31 Å². The maximum atomic E-state index is 12.6. The molecule has 0 spiro atoms. The summed E-state index contributed by atoms with van der Waals surface area (Å²) in [4.78, 5) is 12.3. The van der Waals surface area contributed by atoms with Crippen LogP contribution in [0.15, 0.2) is 53.4 Å². The van der Waals surface area contributed by atoms with Crippen LogP contribution in [0.3, 0.4) is 0 Å². The van der Waals surface area contributed by atoms with E-state index in [2.05, 4.69) is 19.2 Å². The third kappa shape index (κ3) is 5.92. The van der Waals surface area contributed by atoms with Crippen LogP contribution in [0.4, 0.5) is 5.69 Å². The van der Waals surface area contributed by atoms with E-state index in [4.69, 9.17) is 4.74 Å². The number of anilines is 1. The molecule has 1 N–H and O–H groups in total. The quantitative estimate of drug-likeness (QED) is 0.657. The molecular formula is C22H28N2O4S. The minimum absolute atomic E-state index is 0.00963. The highest BCUT2D eigenvalue weighted by atomic mass is 32.2. The lowest BCUT2D eigenvalue weighted by Gasteiger charge is -2.16. The molecule has 0 aliphatic rings. The van der Waals surface area contributed by atoms with Crippen molar-refractivity contribution in [3.05, 3.63) is 59.7 Å². The molecule has 29 heavy (non-hydrogen) atoms. The van der Waals surface area contributed by atoms with E-state index in [1.54, 1.807) is 25.1 Å². The van der Waals surface area contributed by atoms with Crippen LogP contribution < -0.4 is 10.1 Å². The van der Waals surface area contributed by atoms with Crippen molar-refractivity contribution in [3.63, 3.8) is 0 Å². The second kappa shape index (κ2) is 9.71. The van der Waals surface area contributed by atoms with E-state index in [0.29, 0.717) is 18.2 Å². The first kappa shape index (κ1) is 22.6. The number of benzene rings is 2. The first-order valence-electron chi connectivity index (χ1n) is 9.43. The van der Waals surface area contributed by atoms with E-state index in [9.17, 15) is 13.2 Å². The van der Waals surface area contributed by atoms with Crippen LogP contribution in [0.2, 0.25) is 0 Å². The van der Waals surface area contributed by atoms with Gasteiger partial charge < -0.3 is 10.1 Å². The molecule has 0 aliphatic carbocycles. The maximum Gasteiger partial charge on any atom is 0.248 e. The summed E-state index contributed by atoms with van der Waals surface area (Å²) in [5, 5.41) is 2.70. The number of nitrogens with zero attached hydrogens (tertiary/aromatic N) is 1. The Hall–Kier alpha value is -2.64. The Kier molecular flexibility index (Phi) is 7.59. The maximum absolute atomic E-state index is 12.6. The Morgan fingerprint density at radius 3 is 2.34 bits per heavy atom. The molecule has 0 radical (unpaired) electrons. The van der Waals surface area contributed by atoms with E-state index in [1.807, 2.05) is 24.3 Å². The summed E-state index contributed by atoms with van der Waals surface area (Å²) < 4.78 is 31.7. The third-order valence-corrected chi connectivity index (χ3v) is 6.14. The van der Waals surface area contributed by atoms with Crippen molar-refractivity contribution in [3.8, 4) is 5.75 Å². The number of hydrogen-bond donors (Lipinski definition) is 1. The zero-order valence-corrected chi connectivity index (χ0v) is 18.3. The number of nitrogens with one attached hydrogen (secondary N) is 1. The Bertz CT molecular complexity index is 978. The Morgan fingerprint density at radius 2 is 1.79 bits per heavy atom. The summed E-state index contributed by atoms with van der Waals surface area (Å²) in [7, 11) is -0.819. The highest BCUT2D eigenvalue weighted by Crippen LogP contribution is 2.29. The second-order valence-electron chi connectivity index (χ2n) is 7.03. The molecule has 0 saturated heterocycles. The van der Waals surface area contributed by atoms with Gasteiger partial charge in [0.2, 0.25) is 15.9 Å². The largest absolute Gasteiger partial charge is 0.492 e. The van der Waals surface area contributed by atoms with E-state index in [0.717, 1.165) is 9.87 Å². The lowest BCUT2D eigenvalue weighted by atomic mass is 10.0. The number of carbonyl (C=O) groups is 1. The fourth-order valence-corrected chi connectivity index (χ4v) is 3.66. The van der Waals surface area contributed by atoms with Gasteiger partial charge in [-0.05, 0) is 48.2 Å². The van der Waals surface area contributed by atoms with Crippen molar-refractivity contribution >= 4 is 27.7 Å². The van der Waals surface area contributed by atoms with Gasteiger partial charge in [0.05, 0.1) is 6.61 Å². The molecular weight excluding hydrogens is 388 g/mol. The van der Waals surface area contributed by atoms with Gasteiger partial charge in [-0.1, -0.05) is 38.1 Å². The van der Waals surface area contributed by atoms with E-state index in [-0.39, 0.29) is 16.6 Å². The van der Waals surface area contributed by atoms with Crippen LogP contribution in [0.1, 0.15) is 37.8 Å². The van der Waals surface area contributed by atoms with Crippen LogP contribution >= 0.6 is 0 Å². The predicted molar refractivity (Wildman–Crippen MR) is 117 cm³/mol. The molecule has 2 aromatic rings. The highest BCUT2D eigenvalue weighted by Gasteiger charge is 2.23. The summed E-state index contributed by atoms with van der Waals surface area (Å²) in [5.41, 5.74) is 2.52. The zero-order valence-electron chi connectivity index (χ0n) is 17.5. The normalized spacial score (nSPS) is 12.0. The van der Waals surface area contributed by atoms with Gasteiger partial charge in [-0.15, -0.1) is 0 Å². The monoisotopic (exact) mass is 416 g/mol. The van der Waals surface area contributed by atoms with Gasteiger partial charge in [0.25, 0.3) is 0 Å². The smallest absolute Gasteiger partial charge is 0.248 e. The van der Waals surface area contributed by atoms with Crippen molar-refractivity contribution in [2.45, 2.75) is 31.6 Å². The van der Waals surface area contributed by atoms with Crippen molar-refractivity contribution in [2.24, 2.45) is 0 Å². The fourth-order valence-electron chi connectivity index (χ4n) is 2.61. The number of carbonyl (C=O) groups excluding carboxylic acids is 1. The average Bonchev–Trinajstić information content (AvgIpc) is 2.67. The zero-order chi connectivity index (χ0) is 21.6. The van der Waals surface area contributed by atoms with Gasteiger partial charge in [0.1, 0.15) is 10.6 Å². The molecule has 0 aliphatic heterocycles. The second-order valence-corrected chi connectivity index (χ2v) is 9.15. The molecule has 0 bridgehead atoms. The molecule has 0 heterocycles. The lowest BCUT2D eigenvalue weighted by Crippen LogP contribution is -2.23. The van der Waals surface area contributed by atoms with E-state index >= 15 is 0 Å². The molecule has 156 valence electrons. The summed E-state index contributed by atoms with van der Waals surface area (Å²) >= 11 is 0. The minimum Gasteiger partial charge on any atom is -0.492 e. The Morgan fingerprint density at radius 1 is 1.14 bits per heavy atom. The lowest BCUT2D eigenvalue weighted by molar-refractivity contribution is -0.111. The molecule has 6 nitrogen and oxygen atoms in total. The van der Waals surface area contributed by atoms with Crippen molar-refractivity contribution in [2.75, 3.05) is 26.0 Å². The number of ether oxygens (including phenoxy) is 1. The minimum atomic E-state index is -3.72. The summed E-state index contributed by atoms with van der Waals surface area (Å²) in [5.74, 6) is 0.346. The molecule has 0 unspecified atom stereocenters. The highest BCUT2D eigenvalue weighted by molar-refractivity contribution is 7.89. The molecule has 2 rings (SSSR count). The first-order valence-corrected chi connectivity index (χ1v) is 10.9. The SMILES string of the molecule is CCOc1ccc(NC(=O)/C=C/c2ccc(C(C)C)cc2)cc1S(=O)(=O)N(C)C. The van der Waals surface area contributed by atoms with Gasteiger partial charge >= 0.3 is 0 Å². The summed E-state index contributed by atoms with van der Waals surface area (Å²) in [6.45, 7) is 6.36.